The summed E-state index contributed by atoms with van der Waals surface area (Å²) in [7, 11) is -4.18. The SMILES string of the molecule is CCCCCCCCCCCCCCCC(=O)OCC(C)OC(=O)CCCCCCCCCCCCCCC.CCCCOc1nc(N)c2[nH]c(=O)n(CC3CCN(CCNP(=O)(O)O)CC3)c2n1. The number of ether oxygens (including phenoxy) is 3. The van der Waals surface area contributed by atoms with Crippen molar-refractivity contribution in [3.05, 3.63) is 10.5 Å². The van der Waals surface area contributed by atoms with Gasteiger partial charge in [0.1, 0.15) is 18.2 Å². The largest absolute Gasteiger partial charge is 0.463 e. The Hall–Kier alpha value is -3.04. The highest BCUT2D eigenvalue weighted by Gasteiger charge is 2.23. The number of piperidine rings is 1. The molecule has 0 amide bonds. The first-order valence-corrected chi connectivity index (χ1v) is 29.2. The van der Waals surface area contributed by atoms with E-state index in [1.165, 1.54) is 141 Å². The summed E-state index contributed by atoms with van der Waals surface area (Å²) < 4.78 is 28.8. The van der Waals surface area contributed by atoms with Crippen LogP contribution in [0.5, 0.6) is 6.01 Å². The summed E-state index contributed by atoms with van der Waals surface area (Å²) in [6.45, 7) is 12.0. The lowest BCUT2D eigenvalue weighted by molar-refractivity contribution is -0.158. The average molecular weight is 996 g/mol. The van der Waals surface area contributed by atoms with E-state index in [9.17, 15) is 18.9 Å². The van der Waals surface area contributed by atoms with Crippen molar-refractivity contribution >= 4 is 36.7 Å². The zero-order valence-corrected chi connectivity index (χ0v) is 44.7. The molecule has 0 aliphatic carbocycles. The Morgan fingerprint density at radius 1 is 0.725 bits per heavy atom. The Bertz CT molecular complexity index is 1710. The third-order valence-electron chi connectivity index (χ3n) is 13.0. The van der Waals surface area contributed by atoms with Crippen LogP contribution in [0.3, 0.4) is 0 Å². The topological polar surface area (TPSA) is 224 Å². The molecule has 6 N–H and O–H groups in total. The van der Waals surface area contributed by atoms with Crippen molar-refractivity contribution in [2.24, 2.45) is 5.92 Å². The highest BCUT2D eigenvalue weighted by atomic mass is 31.2. The Balaban J connectivity index is 0.000000487. The lowest BCUT2D eigenvalue weighted by Crippen LogP contribution is -2.39. The number of aromatic amines is 1. The smallest absolute Gasteiger partial charge is 0.400 e. The van der Waals surface area contributed by atoms with E-state index in [2.05, 4.69) is 45.7 Å². The van der Waals surface area contributed by atoms with Crippen LogP contribution in [-0.2, 0) is 30.2 Å². The first-order valence-electron chi connectivity index (χ1n) is 27.6. The maximum absolute atomic E-state index is 12.5. The first-order chi connectivity index (χ1) is 33.4. The summed E-state index contributed by atoms with van der Waals surface area (Å²) in [5.41, 5.74) is 6.59. The Morgan fingerprint density at radius 2 is 1.19 bits per heavy atom. The molecule has 0 spiro atoms. The third kappa shape index (κ3) is 31.8. The molecule has 0 saturated carbocycles. The van der Waals surface area contributed by atoms with Crippen LogP contribution >= 0.6 is 7.75 Å². The second kappa shape index (κ2) is 39.6. The number of nitrogens with one attached hydrogen (secondary N) is 2. The van der Waals surface area contributed by atoms with E-state index in [0.717, 1.165) is 64.5 Å². The number of nitrogens with zero attached hydrogens (tertiary/aromatic N) is 4. The van der Waals surface area contributed by atoms with Gasteiger partial charge in [0.15, 0.2) is 11.5 Å². The van der Waals surface area contributed by atoms with E-state index in [1.54, 1.807) is 11.5 Å². The minimum absolute atomic E-state index is 0.168. The second-order valence-electron chi connectivity index (χ2n) is 19.5. The van der Waals surface area contributed by atoms with E-state index in [1.807, 2.05) is 0 Å². The molecule has 3 heterocycles. The van der Waals surface area contributed by atoms with Gasteiger partial charge >= 0.3 is 31.4 Å². The number of likely N-dealkylation sites (tertiary alicyclic amines) is 1. The Morgan fingerprint density at radius 3 is 1.67 bits per heavy atom. The van der Waals surface area contributed by atoms with Gasteiger partial charge in [0, 0.05) is 32.5 Å². The lowest BCUT2D eigenvalue weighted by Gasteiger charge is -2.32. The number of fused-ring (bicyclic) bond motifs is 1. The van der Waals surface area contributed by atoms with Crippen molar-refractivity contribution in [1.82, 2.24) is 29.5 Å². The number of unbranched alkanes of at least 4 members (excludes halogenated alkanes) is 25. The van der Waals surface area contributed by atoms with Crippen LogP contribution in [0, 0.1) is 5.92 Å². The van der Waals surface area contributed by atoms with Gasteiger partial charge in [-0.15, -0.1) is 0 Å². The van der Waals surface area contributed by atoms with Crippen molar-refractivity contribution in [3.8, 4) is 6.01 Å². The van der Waals surface area contributed by atoms with Crippen molar-refractivity contribution in [2.45, 2.75) is 246 Å². The summed E-state index contributed by atoms with van der Waals surface area (Å²) in [6.07, 6.45) is 37.8. The van der Waals surface area contributed by atoms with Gasteiger partial charge < -0.3 is 39.6 Å². The number of H-pyrrole nitrogens is 1. The van der Waals surface area contributed by atoms with Crippen LogP contribution in [0.4, 0.5) is 5.82 Å². The van der Waals surface area contributed by atoms with Crippen molar-refractivity contribution in [1.29, 1.82) is 0 Å². The van der Waals surface area contributed by atoms with E-state index < -0.39 is 7.75 Å². The van der Waals surface area contributed by atoms with Gasteiger partial charge in [-0.3, -0.25) is 14.2 Å². The van der Waals surface area contributed by atoms with Crippen LogP contribution < -0.4 is 21.2 Å². The lowest BCUT2D eigenvalue weighted by atomic mass is 9.97. The minimum Gasteiger partial charge on any atom is -0.463 e. The molecule has 400 valence electrons. The van der Waals surface area contributed by atoms with Gasteiger partial charge in [0.05, 0.1) is 6.61 Å². The van der Waals surface area contributed by atoms with E-state index in [0.29, 0.717) is 43.7 Å². The number of rotatable bonds is 41. The highest BCUT2D eigenvalue weighted by molar-refractivity contribution is 7.49. The van der Waals surface area contributed by atoms with Gasteiger partial charge in [-0.25, -0.2) is 14.4 Å². The summed E-state index contributed by atoms with van der Waals surface area (Å²) in [4.78, 5) is 67.6. The maximum Gasteiger partial charge on any atom is 0.400 e. The van der Waals surface area contributed by atoms with E-state index in [-0.39, 0.29) is 54.6 Å². The number of anilines is 1. The molecule has 2 aromatic heterocycles. The molecule has 0 bridgehead atoms. The standard InChI is InChI=1S/C35H68O4.C17H30N7O5P/c1-4-6-8-10-12-14-16-18-20-22-24-26-28-30-34(36)38-32-33(3)39-35(37)31-29-27-25-23-21-19-17-15-13-11-9-7-5-2;1-2-3-10-29-16-21-14(18)13-15(22-16)24(17(25)20-13)11-12-4-7-23(8-5-12)9-6-19-30(26,27)28/h33H,4-32H2,1-3H3;12H,2-11H2,1H3,(H,20,25)(H2,18,21,22)(H3,19,26,27,28). The molecule has 2 aromatic rings. The molecule has 1 aliphatic heterocycles. The van der Waals surface area contributed by atoms with E-state index >= 15 is 0 Å². The molecule has 69 heavy (non-hydrogen) atoms. The molecule has 1 unspecified atom stereocenters. The number of hydrogen-bond donors (Lipinski definition) is 5. The zero-order valence-electron chi connectivity index (χ0n) is 43.8. The second-order valence-corrected chi connectivity index (χ2v) is 20.9. The summed E-state index contributed by atoms with van der Waals surface area (Å²) in [6, 6.07) is 0.175. The Labute approximate surface area is 416 Å². The number of carbonyl (C=O) groups excluding carboxylic acids is 2. The monoisotopic (exact) mass is 996 g/mol. The fourth-order valence-corrected chi connectivity index (χ4v) is 9.14. The number of nitrogen functional groups attached to an aromatic ring is 1. The van der Waals surface area contributed by atoms with E-state index in [4.69, 9.17) is 29.7 Å². The van der Waals surface area contributed by atoms with Crippen LogP contribution in [-0.4, -0.2) is 91.6 Å². The normalized spacial score (nSPS) is 13.9. The fraction of sp³-hybridized carbons (Fsp3) is 0.865. The number of carbonyl (C=O) groups is 2. The Kier molecular flexibility index (Phi) is 35.6. The van der Waals surface area contributed by atoms with Crippen molar-refractivity contribution in [2.75, 3.05) is 45.1 Å². The number of esters is 2. The zero-order chi connectivity index (χ0) is 50.4. The van der Waals surface area contributed by atoms with Gasteiger partial charge in [0.25, 0.3) is 0 Å². The first kappa shape index (κ1) is 62.1. The molecule has 1 aliphatic rings. The van der Waals surface area contributed by atoms with Gasteiger partial charge in [-0.2, -0.15) is 9.97 Å². The summed E-state index contributed by atoms with van der Waals surface area (Å²) in [5.74, 6) is 0.138. The number of hydrogen-bond acceptors (Lipinski definition) is 11. The molecule has 16 nitrogen and oxygen atoms in total. The molecule has 1 saturated heterocycles. The van der Waals surface area contributed by atoms with Crippen molar-refractivity contribution < 1.29 is 38.2 Å². The molecule has 1 fully saturated rings. The fourth-order valence-electron chi connectivity index (χ4n) is 8.75. The predicted molar refractivity (Wildman–Crippen MR) is 279 cm³/mol. The molecule has 17 heteroatoms. The summed E-state index contributed by atoms with van der Waals surface area (Å²) in [5, 5.41) is 2.21. The van der Waals surface area contributed by atoms with Crippen LogP contribution in [0.1, 0.15) is 233 Å². The van der Waals surface area contributed by atoms with Crippen molar-refractivity contribution in [3.63, 3.8) is 0 Å². The molecular weight excluding hydrogens is 898 g/mol. The maximum atomic E-state index is 12.5. The number of imidazole rings is 1. The molecule has 0 radical (unpaired) electrons. The molecule has 1 atom stereocenters. The average Bonchev–Trinajstić information content (AvgIpc) is 3.63. The van der Waals surface area contributed by atoms with Gasteiger partial charge in [-0.1, -0.05) is 181 Å². The minimum atomic E-state index is -4.18. The van der Waals surface area contributed by atoms with Crippen LogP contribution in [0.2, 0.25) is 0 Å². The third-order valence-corrected chi connectivity index (χ3v) is 13.7. The van der Waals surface area contributed by atoms with Crippen LogP contribution in [0.25, 0.3) is 11.2 Å². The molecule has 0 aromatic carbocycles. The molecule has 3 rings (SSSR count). The van der Waals surface area contributed by atoms with Crippen LogP contribution in [0.15, 0.2) is 4.79 Å². The number of nitrogens with two attached hydrogens (primary N) is 1. The highest BCUT2D eigenvalue weighted by Crippen LogP contribution is 2.28. The number of aromatic nitrogens is 4. The predicted octanol–water partition coefficient (Wildman–Crippen LogP) is 11.7. The molecular formula is C52H98N7O9P. The van der Waals surface area contributed by atoms with Gasteiger partial charge in [-0.05, 0) is 58.0 Å². The summed E-state index contributed by atoms with van der Waals surface area (Å²) >= 11 is 0. The quantitative estimate of drug-likeness (QED) is 0.0237. The van der Waals surface area contributed by atoms with Gasteiger partial charge in [0.2, 0.25) is 0 Å².